The molecular weight excluding hydrogens is 526 g/mol. The molecule has 0 fully saturated rings. The Balaban J connectivity index is 1.63. The molecule has 0 spiro atoms. The Morgan fingerprint density at radius 2 is 1.80 bits per heavy atom. The first kappa shape index (κ1) is 29.6. The van der Waals surface area contributed by atoms with E-state index in [1.807, 2.05) is 39.1 Å². The van der Waals surface area contributed by atoms with E-state index in [1.165, 1.54) is 5.56 Å². The number of benzene rings is 3. The lowest BCUT2D eigenvalue weighted by Gasteiger charge is -2.34. The molecule has 0 aliphatic carbocycles. The fourth-order valence-electron chi connectivity index (χ4n) is 4.91. The summed E-state index contributed by atoms with van der Waals surface area (Å²) in [5, 5.41) is 9.88. The number of ether oxygens (including phenoxy) is 1. The van der Waals surface area contributed by atoms with Crippen LogP contribution in [0.25, 0.3) is 0 Å². The number of fused-ring (bicyclic) bond motifs is 1. The zero-order valence-electron chi connectivity index (χ0n) is 23.6. The van der Waals surface area contributed by atoms with E-state index >= 15 is 0 Å². The Bertz CT molecular complexity index is 1400. The molecule has 40 heavy (non-hydrogen) atoms. The minimum atomic E-state index is -3.81. The lowest BCUT2D eigenvalue weighted by molar-refractivity contribution is -0.134. The van der Waals surface area contributed by atoms with Gasteiger partial charge in [-0.3, -0.25) is 14.4 Å². The van der Waals surface area contributed by atoms with Crippen molar-refractivity contribution in [1.29, 1.82) is 0 Å². The van der Waals surface area contributed by atoms with E-state index in [-0.39, 0.29) is 41.9 Å². The number of rotatable bonds is 9. The highest BCUT2D eigenvalue weighted by atomic mass is 32.2. The zero-order valence-corrected chi connectivity index (χ0v) is 24.4. The maximum atomic E-state index is 13.5. The number of hydrogen-bond acceptors (Lipinski definition) is 6. The van der Waals surface area contributed by atoms with Gasteiger partial charge in [0.05, 0.1) is 24.0 Å². The number of likely N-dealkylation sites (N-methyl/N-ethyl adjacent to an activating group) is 1. The predicted molar refractivity (Wildman–Crippen MR) is 157 cm³/mol. The highest BCUT2D eigenvalue weighted by Crippen LogP contribution is 2.30. The van der Waals surface area contributed by atoms with Crippen molar-refractivity contribution in [2.75, 3.05) is 31.5 Å². The second-order valence-electron chi connectivity index (χ2n) is 10.8. The topological polar surface area (TPSA) is 99.2 Å². The summed E-state index contributed by atoms with van der Waals surface area (Å²) < 4.78 is 35.2. The van der Waals surface area contributed by atoms with Crippen molar-refractivity contribution < 1.29 is 23.1 Å². The lowest BCUT2D eigenvalue weighted by atomic mass is 10.0. The average Bonchev–Trinajstić information content (AvgIpc) is 2.96. The molecular formula is C31H39N3O5S. The van der Waals surface area contributed by atoms with E-state index in [0.717, 1.165) is 12.1 Å². The van der Waals surface area contributed by atoms with Crippen LogP contribution in [-0.2, 0) is 27.8 Å². The van der Waals surface area contributed by atoms with Crippen LogP contribution < -0.4 is 9.46 Å². The third-order valence-corrected chi connectivity index (χ3v) is 8.68. The van der Waals surface area contributed by atoms with Crippen molar-refractivity contribution in [2.24, 2.45) is 5.92 Å². The molecule has 1 amide bonds. The average molecular weight is 566 g/mol. The van der Waals surface area contributed by atoms with Gasteiger partial charge in [-0.1, -0.05) is 55.0 Å². The molecule has 3 aromatic carbocycles. The second-order valence-corrected chi connectivity index (χ2v) is 12.5. The van der Waals surface area contributed by atoms with Crippen LogP contribution in [0, 0.1) is 12.8 Å². The van der Waals surface area contributed by atoms with Gasteiger partial charge in [-0.15, -0.1) is 0 Å². The number of aliphatic hydroxyl groups excluding tert-OH is 1. The molecule has 214 valence electrons. The number of aryl methyl sites for hydroxylation is 1. The second kappa shape index (κ2) is 12.8. The fraction of sp³-hybridized carbons (Fsp3) is 0.387. The summed E-state index contributed by atoms with van der Waals surface area (Å²) >= 11 is 0. The molecule has 3 atom stereocenters. The maximum Gasteiger partial charge on any atom is 0.261 e. The molecule has 8 nitrogen and oxygen atoms in total. The van der Waals surface area contributed by atoms with E-state index in [1.54, 1.807) is 47.4 Å². The van der Waals surface area contributed by atoms with Crippen LogP contribution in [0.4, 0.5) is 5.69 Å². The quantitative estimate of drug-likeness (QED) is 0.406. The fourth-order valence-corrected chi connectivity index (χ4v) is 5.96. The summed E-state index contributed by atoms with van der Waals surface area (Å²) in [6.45, 7) is 7.43. The molecule has 9 heteroatoms. The minimum Gasteiger partial charge on any atom is -0.488 e. The van der Waals surface area contributed by atoms with Gasteiger partial charge >= 0.3 is 0 Å². The van der Waals surface area contributed by atoms with Crippen molar-refractivity contribution in [3.63, 3.8) is 0 Å². The number of carbonyl (C=O) groups is 1. The van der Waals surface area contributed by atoms with Crippen molar-refractivity contribution in [1.82, 2.24) is 9.80 Å². The van der Waals surface area contributed by atoms with Crippen molar-refractivity contribution in [3.8, 4) is 5.75 Å². The van der Waals surface area contributed by atoms with Gasteiger partial charge in [0.15, 0.2) is 0 Å². The number of aliphatic hydroxyl groups is 1. The zero-order chi connectivity index (χ0) is 28.9. The molecule has 1 aliphatic heterocycles. The summed E-state index contributed by atoms with van der Waals surface area (Å²) in [6.07, 6.45) is -0.221. The molecule has 3 aromatic rings. The number of sulfonamides is 1. The third kappa shape index (κ3) is 7.41. The van der Waals surface area contributed by atoms with Crippen LogP contribution in [0.1, 0.15) is 30.5 Å². The number of nitrogens with zero attached hydrogens (tertiary/aromatic N) is 2. The number of carbonyl (C=O) groups excluding carboxylic acids is 1. The SMILES string of the molecule is Cc1ccc(S(=O)(=O)Nc2ccc3c(c2)CC(=O)N([C@H](C)CO)C[C@H](C)[C@@H](CN(C)Cc2ccccc2)O3)cc1. The van der Waals surface area contributed by atoms with E-state index in [4.69, 9.17) is 4.74 Å². The van der Waals surface area contributed by atoms with Crippen LogP contribution in [0.5, 0.6) is 5.75 Å². The molecule has 0 bridgehead atoms. The van der Waals surface area contributed by atoms with Crippen molar-refractivity contribution in [3.05, 3.63) is 89.5 Å². The van der Waals surface area contributed by atoms with Gasteiger partial charge in [-0.05, 0) is 56.8 Å². The van der Waals surface area contributed by atoms with Crippen LogP contribution >= 0.6 is 0 Å². The van der Waals surface area contributed by atoms with Gasteiger partial charge in [0.25, 0.3) is 10.0 Å². The molecule has 1 aliphatic rings. The van der Waals surface area contributed by atoms with Gasteiger partial charge in [-0.2, -0.15) is 0 Å². The van der Waals surface area contributed by atoms with Crippen LogP contribution in [0.2, 0.25) is 0 Å². The molecule has 1 heterocycles. The van der Waals surface area contributed by atoms with E-state index in [2.05, 4.69) is 28.7 Å². The smallest absolute Gasteiger partial charge is 0.261 e. The van der Waals surface area contributed by atoms with Gasteiger partial charge in [0, 0.05) is 36.8 Å². The molecule has 0 radical (unpaired) electrons. The van der Waals surface area contributed by atoms with Crippen molar-refractivity contribution >= 4 is 21.6 Å². The van der Waals surface area contributed by atoms with Crippen LogP contribution in [0.3, 0.4) is 0 Å². The van der Waals surface area contributed by atoms with Crippen LogP contribution in [-0.4, -0.2) is 68.1 Å². The molecule has 2 N–H and O–H groups in total. The number of amides is 1. The minimum absolute atomic E-state index is 0.0261. The number of anilines is 1. The van der Waals surface area contributed by atoms with Gasteiger partial charge in [-0.25, -0.2) is 8.42 Å². The monoisotopic (exact) mass is 565 g/mol. The Kier molecular flexibility index (Phi) is 9.50. The highest BCUT2D eigenvalue weighted by molar-refractivity contribution is 7.92. The molecule has 0 unspecified atom stereocenters. The number of nitrogens with one attached hydrogen (secondary N) is 1. The summed E-state index contributed by atoms with van der Waals surface area (Å²) in [5.74, 6) is 0.381. The standard InChI is InChI=1S/C31H39N3O5S/c1-22-10-13-28(14-11-22)40(37,38)32-27-12-15-29-26(16-27)17-31(36)34(24(3)21-35)18-23(2)30(39-29)20-33(4)19-25-8-6-5-7-9-25/h5-16,23-24,30,32,35H,17-21H2,1-4H3/t23-,24+,30+/m0/s1. The van der Waals surface area contributed by atoms with Crippen molar-refractivity contribution in [2.45, 2.75) is 50.8 Å². The van der Waals surface area contributed by atoms with Gasteiger partial charge in [0.2, 0.25) is 5.91 Å². The molecule has 0 saturated heterocycles. The highest BCUT2D eigenvalue weighted by Gasteiger charge is 2.31. The summed E-state index contributed by atoms with van der Waals surface area (Å²) in [4.78, 5) is 17.5. The molecule has 0 aromatic heterocycles. The normalized spacial score (nSPS) is 18.8. The van der Waals surface area contributed by atoms with Gasteiger partial charge in [0.1, 0.15) is 11.9 Å². The third-order valence-electron chi connectivity index (χ3n) is 7.29. The Morgan fingerprint density at radius 1 is 1.10 bits per heavy atom. The lowest BCUT2D eigenvalue weighted by Crippen LogP contribution is -2.47. The summed E-state index contributed by atoms with van der Waals surface area (Å²) in [6, 6.07) is 21.5. The Morgan fingerprint density at radius 3 is 2.48 bits per heavy atom. The molecule has 0 saturated carbocycles. The maximum absolute atomic E-state index is 13.5. The predicted octanol–water partition coefficient (Wildman–Crippen LogP) is 4.08. The Labute approximate surface area is 237 Å². The van der Waals surface area contributed by atoms with E-state index < -0.39 is 10.0 Å². The largest absolute Gasteiger partial charge is 0.488 e. The summed E-state index contributed by atoms with van der Waals surface area (Å²) in [5.41, 5.74) is 3.10. The Hall–Kier alpha value is -3.40. The first-order valence-corrected chi connectivity index (χ1v) is 15.1. The van der Waals surface area contributed by atoms with E-state index in [9.17, 15) is 18.3 Å². The van der Waals surface area contributed by atoms with Gasteiger partial charge < -0.3 is 14.7 Å². The van der Waals surface area contributed by atoms with E-state index in [0.29, 0.717) is 30.1 Å². The first-order chi connectivity index (χ1) is 19.1. The van der Waals surface area contributed by atoms with Crippen LogP contribution in [0.15, 0.2) is 77.7 Å². The number of hydrogen-bond donors (Lipinski definition) is 2. The summed E-state index contributed by atoms with van der Waals surface area (Å²) in [7, 11) is -1.77. The first-order valence-electron chi connectivity index (χ1n) is 13.6. The molecule has 4 rings (SSSR count).